The molecule has 0 aliphatic carbocycles. The van der Waals surface area contributed by atoms with Gasteiger partial charge < -0.3 is 14.7 Å². The Labute approximate surface area is 97.6 Å². The Balaban J connectivity index is 2.27. The first kappa shape index (κ1) is 13.3. The molecule has 0 aromatic heterocycles. The second-order valence-corrected chi connectivity index (χ2v) is 5.04. The number of carbonyl (C=O) groups is 1. The first-order valence-electron chi connectivity index (χ1n) is 6.10. The van der Waals surface area contributed by atoms with Gasteiger partial charge in [0.25, 0.3) is 0 Å². The maximum absolute atomic E-state index is 11.6. The van der Waals surface area contributed by atoms with E-state index in [0.29, 0.717) is 31.5 Å². The maximum atomic E-state index is 11.6. The van der Waals surface area contributed by atoms with Crippen LogP contribution in [0.2, 0.25) is 0 Å². The second-order valence-electron chi connectivity index (χ2n) is 5.04. The molecule has 1 aliphatic rings. The number of aliphatic hydroxyl groups is 1. The number of rotatable bonds is 3. The number of ether oxygens (including phenoxy) is 1. The molecule has 1 amide bonds. The van der Waals surface area contributed by atoms with Crippen LogP contribution >= 0.6 is 0 Å². The van der Waals surface area contributed by atoms with Crippen LogP contribution in [0.15, 0.2) is 0 Å². The highest BCUT2D eigenvalue weighted by molar-refractivity contribution is 5.67. The lowest BCUT2D eigenvalue weighted by molar-refractivity contribution is 0.0514. The van der Waals surface area contributed by atoms with Crippen molar-refractivity contribution in [2.24, 2.45) is 11.8 Å². The number of hydrogen-bond acceptors (Lipinski definition) is 3. The van der Waals surface area contributed by atoms with E-state index in [9.17, 15) is 9.90 Å². The number of aliphatic hydroxyl groups excluding tert-OH is 1. The van der Waals surface area contributed by atoms with Crippen molar-refractivity contribution in [2.75, 3.05) is 19.7 Å². The van der Waals surface area contributed by atoms with Crippen molar-refractivity contribution in [3.05, 3.63) is 0 Å². The minimum Gasteiger partial charge on any atom is -0.449 e. The van der Waals surface area contributed by atoms with Crippen LogP contribution in [0, 0.1) is 11.8 Å². The van der Waals surface area contributed by atoms with E-state index in [2.05, 4.69) is 0 Å². The molecule has 1 aliphatic heterocycles. The van der Waals surface area contributed by atoms with Crippen LogP contribution < -0.4 is 0 Å². The van der Waals surface area contributed by atoms with Gasteiger partial charge in [0.1, 0.15) is 0 Å². The standard InChI is InChI=1S/C12H23NO3/c1-9(2)8-16-12(15)13-6-4-11(5-7-13)10(3)14/h9-11,14H,4-8H2,1-3H3. The smallest absolute Gasteiger partial charge is 0.409 e. The molecule has 0 radical (unpaired) electrons. The molecule has 4 nitrogen and oxygen atoms in total. The molecule has 0 bridgehead atoms. The highest BCUT2D eigenvalue weighted by Gasteiger charge is 2.26. The zero-order valence-corrected chi connectivity index (χ0v) is 10.5. The number of carbonyl (C=O) groups excluding carboxylic acids is 1. The van der Waals surface area contributed by atoms with E-state index in [1.165, 1.54) is 0 Å². The number of likely N-dealkylation sites (tertiary alicyclic amines) is 1. The van der Waals surface area contributed by atoms with Crippen molar-refractivity contribution in [3.8, 4) is 0 Å². The van der Waals surface area contributed by atoms with Gasteiger partial charge in [0, 0.05) is 13.1 Å². The quantitative estimate of drug-likeness (QED) is 0.803. The summed E-state index contributed by atoms with van der Waals surface area (Å²) in [7, 11) is 0. The van der Waals surface area contributed by atoms with Gasteiger partial charge in [0.2, 0.25) is 0 Å². The summed E-state index contributed by atoms with van der Waals surface area (Å²) in [5.41, 5.74) is 0. The Morgan fingerprint density at radius 3 is 2.38 bits per heavy atom. The predicted molar refractivity (Wildman–Crippen MR) is 62.2 cm³/mol. The number of piperidine rings is 1. The van der Waals surface area contributed by atoms with E-state index in [-0.39, 0.29) is 12.2 Å². The van der Waals surface area contributed by atoms with Gasteiger partial charge in [-0.05, 0) is 31.6 Å². The molecule has 1 unspecified atom stereocenters. The van der Waals surface area contributed by atoms with Gasteiger partial charge in [-0.2, -0.15) is 0 Å². The molecular weight excluding hydrogens is 206 g/mol. The molecule has 4 heteroatoms. The Morgan fingerprint density at radius 2 is 1.94 bits per heavy atom. The minimum absolute atomic E-state index is 0.210. The van der Waals surface area contributed by atoms with Crippen LogP contribution in [-0.4, -0.2) is 41.9 Å². The SMILES string of the molecule is CC(C)COC(=O)N1CCC(C(C)O)CC1. The summed E-state index contributed by atoms with van der Waals surface area (Å²) in [6.45, 7) is 7.74. The van der Waals surface area contributed by atoms with Gasteiger partial charge in [-0.15, -0.1) is 0 Å². The average Bonchev–Trinajstić information content (AvgIpc) is 2.26. The summed E-state index contributed by atoms with van der Waals surface area (Å²) in [5, 5.41) is 9.44. The van der Waals surface area contributed by atoms with Crippen LogP contribution in [0.1, 0.15) is 33.6 Å². The topological polar surface area (TPSA) is 49.8 Å². The van der Waals surface area contributed by atoms with E-state index in [1.54, 1.807) is 4.90 Å². The average molecular weight is 229 g/mol. The Bertz CT molecular complexity index is 220. The largest absolute Gasteiger partial charge is 0.449 e. The molecule has 1 atom stereocenters. The third kappa shape index (κ3) is 4.00. The highest BCUT2D eigenvalue weighted by atomic mass is 16.6. The fourth-order valence-electron chi connectivity index (χ4n) is 1.89. The lowest BCUT2D eigenvalue weighted by atomic mass is 9.92. The fraction of sp³-hybridized carbons (Fsp3) is 0.917. The van der Waals surface area contributed by atoms with Crippen molar-refractivity contribution < 1.29 is 14.6 Å². The third-order valence-corrected chi connectivity index (χ3v) is 3.02. The second kappa shape index (κ2) is 6.09. The van der Waals surface area contributed by atoms with Gasteiger partial charge in [-0.25, -0.2) is 4.79 Å². The molecule has 0 aromatic carbocycles. The molecule has 0 aromatic rings. The lowest BCUT2D eigenvalue weighted by Crippen LogP contribution is -2.41. The van der Waals surface area contributed by atoms with E-state index < -0.39 is 0 Å². The van der Waals surface area contributed by atoms with Crippen molar-refractivity contribution in [1.82, 2.24) is 4.90 Å². The Hall–Kier alpha value is -0.770. The summed E-state index contributed by atoms with van der Waals surface area (Å²) < 4.78 is 5.16. The van der Waals surface area contributed by atoms with Crippen LogP contribution in [0.3, 0.4) is 0 Å². The number of hydrogen-bond donors (Lipinski definition) is 1. The molecule has 1 N–H and O–H groups in total. The van der Waals surface area contributed by atoms with Gasteiger partial charge in [0.05, 0.1) is 12.7 Å². The summed E-state index contributed by atoms with van der Waals surface area (Å²) in [6, 6.07) is 0. The van der Waals surface area contributed by atoms with E-state index in [4.69, 9.17) is 4.74 Å². The first-order chi connectivity index (χ1) is 7.50. The molecular formula is C12H23NO3. The minimum atomic E-state index is -0.270. The van der Waals surface area contributed by atoms with Crippen molar-refractivity contribution in [2.45, 2.75) is 39.7 Å². The fourth-order valence-corrected chi connectivity index (χ4v) is 1.89. The summed E-state index contributed by atoms with van der Waals surface area (Å²) >= 11 is 0. The maximum Gasteiger partial charge on any atom is 0.409 e. The highest BCUT2D eigenvalue weighted by Crippen LogP contribution is 2.20. The van der Waals surface area contributed by atoms with Gasteiger partial charge in [0.15, 0.2) is 0 Å². The van der Waals surface area contributed by atoms with E-state index in [1.807, 2.05) is 20.8 Å². The zero-order valence-electron chi connectivity index (χ0n) is 10.5. The van der Waals surface area contributed by atoms with Crippen molar-refractivity contribution in [3.63, 3.8) is 0 Å². The van der Waals surface area contributed by atoms with E-state index in [0.717, 1.165) is 12.8 Å². The molecule has 1 fully saturated rings. The van der Waals surface area contributed by atoms with E-state index >= 15 is 0 Å². The molecule has 16 heavy (non-hydrogen) atoms. The molecule has 94 valence electrons. The molecule has 1 heterocycles. The predicted octanol–water partition coefficient (Wildman–Crippen LogP) is 1.87. The van der Waals surface area contributed by atoms with Crippen LogP contribution in [0.4, 0.5) is 4.79 Å². The van der Waals surface area contributed by atoms with Crippen LogP contribution in [0.25, 0.3) is 0 Å². The summed E-state index contributed by atoms with van der Waals surface area (Å²) in [6.07, 6.45) is 1.26. The van der Waals surface area contributed by atoms with Gasteiger partial charge in [-0.3, -0.25) is 0 Å². The normalized spacial score (nSPS) is 19.9. The molecule has 1 saturated heterocycles. The molecule has 0 spiro atoms. The first-order valence-corrected chi connectivity index (χ1v) is 6.10. The third-order valence-electron chi connectivity index (χ3n) is 3.02. The number of amides is 1. The number of nitrogens with zero attached hydrogens (tertiary/aromatic N) is 1. The zero-order chi connectivity index (χ0) is 12.1. The van der Waals surface area contributed by atoms with Crippen LogP contribution in [0.5, 0.6) is 0 Å². The summed E-state index contributed by atoms with van der Waals surface area (Å²) in [4.78, 5) is 13.4. The molecule has 1 rings (SSSR count). The lowest BCUT2D eigenvalue weighted by Gasteiger charge is -2.32. The Morgan fingerprint density at radius 1 is 1.38 bits per heavy atom. The van der Waals surface area contributed by atoms with Crippen molar-refractivity contribution in [1.29, 1.82) is 0 Å². The van der Waals surface area contributed by atoms with Crippen LogP contribution in [-0.2, 0) is 4.74 Å². The molecule has 0 saturated carbocycles. The van der Waals surface area contributed by atoms with Crippen molar-refractivity contribution >= 4 is 6.09 Å². The van der Waals surface area contributed by atoms with Gasteiger partial charge >= 0.3 is 6.09 Å². The Kier molecular flexibility index (Phi) is 5.06. The monoisotopic (exact) mass is 229 g/mol. The van der Waals surface area contributed by atoms with Gasteiger partial charge in [-0.1, -0.05) is 13.8 Å². The summed E-state index contributed by atoms with van der Waals surface area (Å²) in [5.74, 6) is 0.702.